The van der Waals surface area contributed by atoms with Gasteiger partial charge in [0.15, 0.2) is 0 Å². The molecule has 1 aromatic carbocycles. The van der Waals surface area contributed by atoms with Crippen LogP contribution in [-0.2, 0) is 4.79 Å². The Morgan fingerprint density at radius 1 is 1.50 bits per heavy atom. The van der Waals surface area contributed by atoms with Gasteiger partial charge in [-0.05, 0) is 37.5 Å². The van der Waals surface area contributed by atoms with E-state index in [-0.39, 0.29) is 11.8 Å². The van der Waals surface area contributed by atoms with Crippen LogP contribution < -0.4 is 10.1 Å². The summed E-state index contributed by atoms with van der Waals surface area (Å²) >= 11 is 6.10. The highest BCUT2D eigenvalue weighted by atomic mass is 35.5. The summed E-state index contributed by atoms with van der Waals surface area (Å²) in [6.07, 6.45) is 4.09. The first kappa shape index (κ1) is 13.2. The number of amides is 1. The van der Waals surface area contributed by atoms with Gasteiger partial charge in [0.2, 0.25) is 5.91 Å². The summed E-state index contributed by atoms with van der Waals surface area (Å²) in [4.78, 5) is 11.8. The Labute approximate surface area is 112 Å². The van der Waals surface area contributed by atoms with Crippen LogP contribution in [0, 0.1) is 5.92 Å². The number of carbonyl (C=O) groups is 1. The van der Waals surface area contributed by atoms with Gasteiger partial charge in [-0.3, -0.25) is 4.79 Å². The molecule has 0 radical (unpaired) electrons. The first-order valence-electron chi connectivity index (χ1n) is 6.44. The molecule has 1 amide bonds. The summed E-state index contributed by atoms with van der Waals surface area (Å²) in [6.45, 7) is 2.69. The Hall–Kier alpha value is -1.22. The van der Waals surface area contributed by atoms with Gasteiger partial charge >= 0.3 is 0 Å². The second-order valence-electron chi connectivity index (χ2n) is 4.61. The first-order valence-corrected chi connectivity index (χ1v) is 6.81. The average Bonchev–Trinajstić information content (AvgIpc) is 2.25. The lowest BCUT2D eigenvalue weighted by Crippen LogP contribution is -2.27. The van der Waals surface area contributed by atoms with E-state index in [0.717, 1.165) is 31.4 Å². The second-order valence-corrected chi connectivity index (χ2v) is 5.02. The van der Waals surface area contributed by atoms with Crippen molar-refractivity contribution in [2.75, 3.05) is 11.9 Å². The number of ether oxygens (including phenoxy) is 1. The number of hydrogen-bond donors (Lipinski definition) is 1. The van der Waals surface area contributed by atoms with Crippen molar-refractivity contribution in [2.45, 2.75) is 32.6 Å². The number of halogens is 1. The van der Waals surface area contributed by atoms with Crippen LogP contribution in [0.25, 0.3) is 0 Å². The lowest BCUT2D eigenvalue weighted by molar-refractivity contribution is -0.122. The monoisotopic (exact) mass is 267 g/mol. The highest BCUT2D eigenvalue weighted by Crippen LogP contribution is 2.30. The fraction of sp³-hybridized carbons (Fsp3) is 0.500. The molecule has 1 N–H and O–H groups in total. The van der Waals surface area contributed by atoms with Gasteiger partial charge in [0, 0.05) is 11.6 Å². The topological polar surface area (TPSA) is 38.3 Å². The van der Waals surface area contributed by atoms with Gasteiger partial charge in [-0.25, -0.2) is 0 Å². The van der Waals surface area contributed by atoms with E-state index >= 15 is 0 Å². The van der Waals surface area contributed by atoms with Crippen molar-refractivity contribution in [3.63, 3.8) is 0 Å². The molecule has 18 heavy (non-hydrogen) atoms. The summed E-state index contributed by atoms with van der Waals surface area (Å²) in [5.74, 6) is 0.944. The van der Waals surface area contributed by atoms with Crippen molar-refractivity contribution in [1.29, 1.82) is 0 Å². The van der Waals surface area contributed by atoms with Crippen molar-refractivity contribution in [3.05, 3.63) is 23.2 Å². The molecule has 1 aliphatic carbocycles. The molecular formula is C14H18ClNO2. The van der Waals surface area contributed by atoms with Crippen LogP contribution >= 0.6 is 11.6 Å². The Morgan fingerprint density at radius 2 is 2.28 bits per heavy atom. The molecule has 1 fully saturated rings. The molecule has 98 valence electrons. The average molecular weight is 268 g/mol. The smallest absolute Gasteiger partial charge is 0.227 e. The summed E-state index contributed by atoms with van der Waals surface area (Å²) in [5, 5.41) is 3.43. The van der Waals surface area contributed by atoms with E-state index in [1.54, 1.807) is 12.1 Å². The third-order valence-electron chi connectivity index (χ3n) is 3.14. The molecule has 2 rings (SSSR count). The molecule has 0 aliphatic heterocycles. The van der Waals surface area contributed by atoms with Crippen LogP contribution in [0.3, 0.4) is 0 Å². The molecule has 0 aromatic heterocycles. The number of anilines is 1. The SMILES string of the molecule is CCCOc1ccc(NC(=O)C2CCC2)cc1Cl. The number of carbonyl (C=O) groups excluding carboxylic acids is 1. The Balaban J connectivity index is 1.97. The molecule has 0 bridgehead atoms. The maximum atomic E-state index is 11.8. The maximum absolute atomic E-state index is 11.8. The van der Waals surface area contributed by atoms with Gasteiger partial charge in [0.25, 0.3) is 0 Å². The van der Waals surface area contributed by atoms with E-state index in [1.807, 2.05) is 13.0 Å². The van der Waals surface area contributed by atoms with E-state index in [1.165, 1.54) is 0 Å². The van der Waals surface area contributed by atoms with E-state index in [0.29, 0.717) is 17.4 Å². The maximum Gasteiger partial charge on any atom is 0.227 e. The Morgan fingerprint density at radius 3 is 2.83 bits per heavy atom. The largest absolute Gasteiger partial charge is 0.492 e. The van der Waals surface area contributed by atoms with Gasteiger partial charge in [-0.15, -0.1) is 0 Å². The highest BCUT2D eigenvalue weighted by molar-refractivity contribution is 6.32. The van der Waals surface area contributed by atoms with Crippen LogP contribution in [0.1, 0.15) is 32.6 Å². The molecule has 0 atom stereocenters. The molecule has 3 nitrogen and oxygen atoms in total. The molecule has 1 saturated carbocycles. The fourth-order valence-electron chi connectivity index (χ4n) is 1.82. The molecule has 0 saturated heterocycles. The van der Waals surface area contributed by atoms with Crippen molar-refractivity contribution < 1.29 is 9.53 Å². The minimum absolute atomic E-state index is 0.0968. The van der Waals surface area contributed by atoms with Gasteiger partial charge < -0.3 is 10.1 Å². The number of nitrogens with one attached hydrogen (secondary N) is 1. The summed E-state index contributed by atoms with van der Waals surface area (Å²) in [5.41, 5.74) is 0.737. The third-order valence-corrected chi connectivity index (χ3v) is 3.43. The zero-order valence-corrected chi connectivity index (χ0v) is 11.3. The number of rotatable bonds is 5. The molecule has 4 heteroatoms. The predicted octanol–water partition coefficient (Wildman–Crippen LogP) is 3.87. The lowest BCUT2D eigenvalue weighted by atomic mass is 9.85. The minimum atomic E-state index is 0.0968. The highest BCUT2D eigenvalue weighted by Gasteiger charge is 2.25. The summed E-state index contributed by atoms with van der Waals surface area (Å²) in [6, 6.07) is 5.37. The predicted molar refractivity (Wildman–Crippen MR) is 73.2 cm³/mol. The van der Waals surface area contributed by atoms with Crippen molar-refractivity contribution >= 4 is 23.2 Å². The van der Waals surface area contributed by atoms with Crippen LogP contribution in [0.15, 0.2) is 18.2 Å². The molecule has 1 aliphatic rings. The number of hydrogen-bond acceptors (Lipinski definition) is 2. The van der Waals surface area contributed by atoms with Crippen molar-refractivity contribution in [3.8, 4) is 5.75 Å². The van der Waals surface area contributed by atoms with Crippen molar-refractivity contribution in [1.82, 2.24) is 0 Å². The zero-order chi connectivity index (χ0) is 13.0. The molecule has 0 unspecified atom stereocenters. The molecule has 0 spiro atoms. The third kappa shape index (κ3) is 3.16. The lowest BCUT2D eigenvalue weighted by Gasteiger charge is -2.24. The standard InChI is InChI=1S/C14H18ClNO2/c1-2-8-18-13-7-6-11(9-12(13)15)16-14(17)10-4-3-5-10/h6-7,9-10H,2-5,8H2,1H3,(H,16,17). The summed E-state index contributed by atoms with van der Waals surface area (Å²) in [7, 11) is 0. The molecular weight excluding hydrogens is 250 g/mol. The zero-order valence-electron chi connectivity index (χ0n) is 10.5. The molecule has 0 heterocycles. The Kier molecular flexibility index (Phi) is 4.48. The molecule has 1 aromatic rings. The van der Waals surface area contributed by atoms with Crippen LogP contribution in [0.2, 0.25) is 5.02 Å². The van der Waals surface area contributed by atoms with Gasteiger partial charge in [-0.1, -0.05) is 24.9 Å². The van der Waals surface area contributed by atoms with E-state index in [2.05, 4.69) is 5.32 Å². The van der Waals surface area contributed by atoms with Gasteiger partial charge in [-0.2, -0.15) is 0 Å². The van der Waals surface area contributed by atoms with E-state index in [4.69, 9.17) is 16.3 Å². The normalized spacial score (nSPS) is 15.0. The van der Waals surface area contributed by atoms with Crippen LogP contribution in [0.5, 0.6) is 5.75 Å². The Bertz CT molecular complexity index is 430. The van der Waals surface area contributed by atoms with E-state index < -0.39 is 0 Å². The first-order chi connectivity index (χ1) is 8.70. The fourth-order valence-corrected chi connectivity index (χ4v) is 2.06. The second kappa shape index (κ2) is 6.10. The van der Waals surface area contributed by atoms with Crippen LogP contribution in [-0.4, -0.2) is 12.5 Å². The van der Waals surface area contributed by atoms with E-state index in [9.17, 15) is 4.79 Å². The van der Waals surface area contributed by atoms with Gasteiger partial charge in [0.05, 0.1) is 11.6 Å². The summed E-state index contributed by atoms with van der Waals surface area (Å²) < 4.78 is 5.48. The van der Waals surface area contributed by atoms with Crippen LogP contribution in [0.4, 0.5) is 5.69 Å². The van der Waals surface area contributed by atoms with Gasteiger partial charge in [0.1, 0.15) is 5.75 Å². The van der Waals surface area contributed by atoms with Crippen molar-refractivity contribution in [2.24, 2.45) is 5.92 Å². The minimum Gasteiger partial charge on any atom is -0.492 e. The quantitative estimate of drug-likeness (QED) is 0.880. The number of benzene rings is 1.